The number of carboxylic acids is 1. The highest BCUT2D eigenvalue weighted by Gasteiger charge is 2.21. The lowest BCUT2D eigenvalue weighted by Gasteiger charge is -2.10. The Morgan fingerprint density at radius 2 is 2.15 bits per heavy atom. The summed E-state index contributed by atoms with van der Waals surface area (Å²) in [7, 11) is 1.54. The van der Waals surface area contributed by atoms with Gasteiger partial charge < -0.3 is 19.1 Å². The van der Waals surface area contributed by atoms with Crippen LogP contribution < -0.4 is 9.47 Å². The lowest BCUT2D eigenvalue weighted by atomic mass is 10.1. The number of nitrogens with zero attached hydrogens (tertiary/aromatic N) is 1. The molecule has 0 unspecified atom stereocenters. The van der Waals surface area contributed by atoms with Crippen LogP contribution in [0.1, 0.15) is 23.0 Å². The molecule has 0 atom stereocenters. The second-order valence-electron chi connectivity index (χ2n) is 4.07. The molecule has 0 spiro atoms. The first kappa shape index (κ1) is 13.9. The van der Waals surface area contributed by atoms with Gasteiger partial charge in [0.15, 0.2) is 11.5 Å². The summed E-state index contributed by atoms with van der Waals surface area (Å²) >= 11 is 0. The molecule has 1 N–H and O–H groups in total. The van der Waals surface area contributed by atoms with Gasteiger partial charge >= 0.3 is 5.97 Å². The van der Waals surface area contributed by atoms with Gasteiger partial charge in [-0.15, -0.1) is 0 Å². The van der Waals surface area contributed by atoms with Crippen LogP contribution in [0.25, 0.3) is 11.3 Å². The Labute approximate surface area is 115 Å². The fourth-order valence-corrected chi connectivity index (χ4v) is 1.91. The Bertz CT molecular complexity index is 632. The Morgan fingerprint density at radius 3 is 2.75 bits per heavy atom. The number of hydrogen-bond acceptors (Lipinski definition) is 5. The summed E-state index contributed by atoms with van der Waals surface area (Å²) in [5.41, 5.74) is 0.930. The quantitative estimate of drug-likeness (QED) is 0.904. The van der Waals surface area contributed by atoms with E-state index in [4.69, 9.17) is 14.0 Å². The zero-order valence-corrected chi connectivity index (χ0v) is 11.5. The summed E-state index contributed by atoms with van der Waals surface area (Å²) in [4.78, 5) is 11.3. The van der Waals surface area contributed by atoms with Gasteiger partial charge in [-0.2, -0.15) is 0 Å². The minimum atomic E-state index is -1.08. The summed E-state index contributed by atoms with van der Waals surface area (Å²) < 4.78 is 15.6. The van der Waals surface area contributed by atoms with Crippen LogP contribution in [0.2, 0.25) is 0 Å². The van der Waals surface area contributed by atoms with Crippen LogP contribution in [0.3, 0.4) is 0 Å². The van der Waals surface area contributed by atoms with Gasteiger partial charge in [-0.3, -0.25) is 0 Å². The maximum absolute atomic E-state index is 11.3. The lowest BCUT2D eigenvalue weighted by molar-refractivity contribution is 0.0695. The fraction of sp³-hybridized carbons (Fsp3) is 0.286. The van der Waals surface area contributed by atoms with Gasteiger partial charge in [-0.1, -0.05) is 5.16 Å². The summed E-state index contributed by atoms with van der Waals surface area (Å²) in [5, 5.41) is 13.0. The third-order valence-corrected chi connectivity index (χ3v) is 2.81. The molecule has 0 radical (unpaired) electrons. The molecule has 1 heterocycles. The molecular formula is C14H15NO5. The zero-order chi connectivity index (χ0) is 14.7. The van der Waals surface area contributed by atoms with Crippen molar-refractivity contribution in [1.82, 2.24) is 5.16 Å². The molecule has 0 saturated carbocycles. The highest BCUT2D eigenvalue weighted by atomic mass is 16.5. The van der Waals surface area contributed by atoms with E-state index in [1.54, 1.807) is 32.2 Å². The van der Waals surface area contributed by atoms with Crippen molar-refractivity contribution in [1.29, 1.82) is 0 Å². The Morgan fingerprint density at radius 1 is 1.40 bits per heavy atom. The number of aromatic carboxylic acids is 1. The predicted molar refractivity (Wildman–Crippen MR) is 71.4 cm³/mol. The van der Waals surface area contributed by atoms with Crippen LogP contribution in [0.5, 0.6) is 11.5 Å². The van der Waals surface area contributed by atoms with Crippen molar-refractivity contribution in [3.63, 3.8) is 0 Å². The highest BCUT2D eigenvalue weighted by Crippen LogP contribution is 2.34. The molecule has 0 fully saturated rings. The van der Waals surface area contributed by atoms with E-state index in [1.807, 2.05) is 6.92 Å². The molecule has 6 heteroatoms. The van der Waals surface area contributed by atoms with Crippen LogP contribution in [-0.4, -0.2) is 29.9 Å². The smallest absolute Gasteiger partial charge is 0.341 e. The first-order valence-corrected chi connectivity index (χ1v) is 6.09. The topological polar surface area (TPSA) is 81.8 Å². The van der Waals surface area contributed by atoms with Crippen LogP contribution in [0.15, 0.2) is 22.7 Å². The number of carbonyl (C=O) groups is 1. The van der Waals surface area contributed by atoms with Gasteiger partial charge in [-0.25, -0.2) is 4.79 Å². The third kappa shape index (κ3) is 2.45. The molecule has 0 saturated heterocycles. The van der Waals surface area contributed by atoms with E-state index in [2.05, 4.69) is 5.16 Å². The molecule has 0 aliphatic rings. The van der Waals surface area contributed by atoms with Crippen molar-refractivity contribution >= 4 is 5.97 Å². The monoisotopic (exact) mass is 277 g/mol. The van der Waals surface area contributed by atoms with Crippen molar-refractivity contribution < 1.29 is 23.9 Å². The summed E-state index contributed by atoms with van der Waals surface area (Å²) in [6.07, 6.45) is 0. The van der Waals surface area contributed by atoms with Crippen molar-refractivity contribution in [2.75, 3.05) is 13.7 Å². The Hall–Kier alpha value is -2.50. The second-order valence-corrected chi connectivity index (χ2v) is 4.07. The first-order valence-electron chi connectivity index (χ1n) is 6.09. The molecule has 20 heavy (non-hydrogen) atoms. The molecule has 0 aliphatic heterocycles. The number of methoxy groups -OCH3 is 1. The van der Waals surface area contributed by atoms with Gasteiger partial charge in [0.2, 0.25) is 0 Å². The summed E-state index contributed by atoms with van der Waals surface area (Å²) in [5.74, 6) is 0.297. The van der Waals surface area contributed by atoms with Crippen LogP contribution in [0.4, 0.5) is 0 Å². The standard InChI is InChI=1S/C14H15NO5/c1-4-19-11-7-9(5-6-10(11)18-3)13-12(14(16)17)8(2)20-15-13/h5-7H,4H2,1-3H3,(H,16,17). The van der Waals surface area contributed by atoms with E-state index < -0.39 is 5.97 Å². The highest BCUT2D eigenvalue weighted by molar-refractivity contribution is 5.95. The average Bonchev–Trinajstić information content (AvgIpc) is 2.81. The minimum absolute atomic E-state index is 0.0533. The van der Waals surface area contributed by atoms with E-state index in [1.165, 1.54) is 0 Å². The van der Waals surface area contributed by atoms with E-state index in [0.717, 1.165) is 0 Å². The first-order chi connectivity index (χ1) is 9.58. The van der Waals surface area contributed by atoms with Crippen molar-refractivity contribution in [2.24, 2.45) is 0 Å². The van der Waals surface area contributed by atoms with Crippen LogP contribution >= 0.6 is 0 Å². The summed E-state index contributed by atoms with van der Waals surface area (Å²) in [6.45, 7) is 3.89. The number of hydrogen-bond donors (Lipinski definition) is 1. The van der Waals surface area contributed by atoms with E-state index >= 15 is 0 Å². The molecule has 2 aromatic rings. The average molecular weight is 277 g/mol. The Balaban J connectivity index is 2.53. The van der Waals surface area contributed by atoms with Crippen molar-refractivity contribution in [3.8, 4) is 22.8 Å². The van der Waals surface area contributed by atoms with Gasteiger partial charge in [0.1, 0.15) is 17.0 Å². The van der Waals surface area contributed by atoms with Gasteiger partial charge in [0.05, 0.1) is 13.7 Å². The maximum atomic E-state index is 11.3. The number of benzene rings is 1. The van der Waals surface area contributed by atoms with Gasteiger partial charge in [-0.05, 0) is 32.0 Å². The normalized spacial score (nSPS) is 10.3. The lowest BCUT2D eigenvalue weighted by Crippen LogP contribution is -2.00. The predicted octanol–water partition coefficient (Wildman–Crippen LogP) is 2.76. The molecule has 0 amide bonds. The second kappa shape index (κ2) is 5.64. The molecule has 0 bridgehead atoms. The van der Waals surface area contributed by atoms with Crippen LogP contribution in [-0.2, 0) is 0 Å². The van der Waals surface area contributed by atoms with Crippen molar-refractivity contribution in [2.45, 2.75) is 13.8 Å². The number of ether oxygens (including phenoxy) is 2. The van der Waals surface area contributed by atoms with Crippen LogP contribution in [0, 0.1) is 6.92 Å². The molecule has 0 aliphatic carbocycles. The van der Waals surface area contributed by atoms with Gasteiger partial charge in [0, 0.05) is 5.56 Å². The number of carboxylic acid groups (broad SMARTS) is 1. The number of aryl methyl sites for hydroxylation is 1. The Kier molecular flexibility index (Phi) is 3.93. The fourth-order valence-electron chi connectivity index (χ4n) is 1.91. The van der Waals surface area contributed by atoms with Gasteiger partial charge in [0.25, 0.3) is 0 Å². The molecule has 106 valence electrons. The number of aromatic nitrogens is 1. The minimum Gasteiger partial charge on any atom is -0.493 e. The molecule has 6 nitrogen and oxygen atoms in total. The van der Waals surface area contributed by atoms with E-state index in [9.17, 15) is 9.90 Å². The molecule has 2 rings (SSSR count). The summed E-state index contributed by atoms with van der Waals surface area (Å²) in [6, 6.07) is 5.10. The molecule has 1 aromatic heterocycles. The third-order valence-electron chi connectivity index (χ3n) is 2.81. The van der Waals surface area contributed by atoms with E-state index in [-0.39, 0.29) is 17.0 Å². The number of rotatable bonds is 5. The SMILES string of the molecule is CCOc1cc(-c2noc(C)c2C(=O)O)ccc1OC. The molecule has 1 aromatic carbocycles. The zero-order valence-electron chi connectivity index (χ0n) is 11.5. The maximum Gasteiger partial charge on any atom is 0.341 e. The largest absolute Gasteiger partial charge is 0.493 e. The molecular weight excluding hydrogens is 262 g/mol. The van der Waals surface area contributed by atoms with E-state index in [0.29, 0.717) is 23.7 Å². The van der Waals surface area contributed by atoms with Crippen molar-refractivity contribution in [3.05, 3.63) is 29.5 Å².